The number of para-hydroxylation sites is 1. The zero-order valence-electron chi connectivity index (χ0n) is 10.9. The summed E-state index contributed by atoms with van der Waals surface area (Å²) in [5.41, 5.74) is 0.791. The van der Waals surface area contributed by atoms with Gasteiger partial charge in [0.1, 0.15) is 11.2 Å². The number of aliphatic carboxylic acids is 1. The Morgan fingerprint density at radius 2 is 2.05 bits per heavy atom. The maximum absolute atomic E-state index is 12.3. The van der Waals surface area contributed by atoms with E-state index in [0.717, 1.165) is 0 Å². The number of carbonyl (C=O) groups is 2. The van der Waals surface area contributed by atoms with Crippen molar-refractivity contribution >= 4 is 34.4 Å². The summed E-state index contributed by atoms with van der Waals surface area (Å²) in [6, 6.07) is 7.15. The third-order valence-electron chi connectivity index (χ3n) is 2.95. The molecule has 0 aliphatic rings. The van der Waals surface area contributed by atoms with Crippen LogP contribution < -0.4 is 5.32 Å². The Morgan fingerprint density at radius 1 is 1.33 bits per heavy atom. The van der Waals surface area contributed by atoms with Crippen molar-refractivity contribution in [1.82, 2.24) is 10.3 Å². The standard InChI is InChI=1S/C14H13ClN2O4/c15-12-7-9(8-3-1-2-4-10(8)16-12)13(19)17-11(5-6-18)14(20)21/h1-4,7,11,18H,5-6H2,(H,17,19)(H,20,21). The van der Waals surface area contributed by atoms with Crippen LogP contribution in [0.3, 0.4) is 0 Å². The topological polar surface area (TPSA) is 99.5 Å². The highest BCUT2D eigenvalue weighted by molar-refractivity contribution is 6.30. The first-order valence-electron chi connectivity index (χ1n) is 6.22. The molecule has 1 aromatic carbocycles. The second-order valence-corrected chi connectivity index (χ2v) is 4.77. The predicted octanol–water partition coefficient (Wildman–Crippen LogP) is 1.45. The molecular formula is C14H13ClN2O4. The Hall–Kier alpha value is -2.18. The zero-order chi connectivity index (χ0) is 15.4. The van der Waals surface area contributed by atoms with Gasteiger partial charge in [-0.05, 0) is 12.1 Å². The normalized spacial score (nSPS) is 12.1. The maximum Gasteiger partial charge on any atom is 0.326 e. The lowest BCUT2D eigenvalue weighted by Gasteiger charge is -2.14. The van der Waals surface area contributed by atoms with Gasteiger partial charge in [0.15, 0.2) is 0 Å². The fourth-order valence-corrected chi connectivity index (χ4v) is 2.15. The summed E-state index contributed by atoms with van der Waals surface area (Å²) in [6.07, 6.45) is -0.0716. The smallest absolute Gasteiger partial charge is 0.326 e. The van der Waals surface area contributed by atoms with Gasteiger partial charge in [-0.15, -0.1) is 0 Å². The van der Waals surface area contributed by atoms with Gasteiger partial charge in [-0.1, -0.05) is 29.8 Å². The first kappa shape index (κ1) is 15.2. The van der Waals surface area contributed by atoms with Gasteiger partial charge in [-0.3, -0.25) is 4.79 Å². The van der Waals surface area contributed by atoms with E-state index >= 15 is 0 Å². The van der Waals surface area contributed by atoms with Crippen molar-refractivity contribution in [1.29, 1.82) is 0 Å². The molecule has 1 aromatic heterocycles. The number of carboxylic acid groups (broad SMARTS) is 1. The van der Waals surface area contributed by atoms with Crippen LogP contribution in [0.2, 0.25) is 5.15 Å². The van der Waals surface area contributed by atoms with Crippen LogP contribution in [0.5, 0.6) is 0 Å². The summed E-state index contributed by atoms with van der Waals surface area (Å²) < 4.78 is 0. The minimum Gasteiger partial charge on any atom is -0.480 e. The molecule has 7 heteroatoms. The number of nitrogens with zero attached hydrogens (tertiary/aromatic N) is 1. The van der Waals surface area contributed by atoms with Gasteiger partial charge in [0.2, 0.25) is 0 Å². The summed E-state index contributed by atoms with van der Waals surface area (Å²) in [6.45, 7) is -0.338. The Kier molecular flexibility index (Phi) is 4.72. The SMILES string of the molecule is O=C(NC(CCO)C(=O)O)c1cc(Cl)nc2ccccc12. The van der Waals surface area contributed by atoms with E-state index < -0.39 is 17.9 Å². The Morgan fingerprint density at radius 3 is 2.71 bits per heavy atom. The first-order valence-corrected chi connectivity index (χ1v) is 6.60. The predicted molar refractivity (Wildman–Crippen MR) is 77.3 cm³/mol. The van der Waals surface area contributed by atoms with E-state index in [0.29, 0.717) is 10.9 Å². The van der Waals surface area contributed by atoms with Crippen LogP contribution in [0, 0.1) is 0 Å². The molecule has 0 bridgehead atoms. The van der Waals surface area contributed by atoms with Crippen LogP contribution in [0.15, 0.2) is 30.3 Å². The molecule has 0 saturated heterocycles. The molecule has 21 heavy (non-hydrogen) atoms. The van der Waals surface area contributed by atoms with Crippen molar-refractivity contribution in [2.75, 3.05) is 6.61 Å². The quantitative estimate of drug-likeness (QED) is 0.726. The van der Waals surface area contributed by atoms with E-state index in [1.165, 1.54) is 6.07 Å². The van der Waals surface area contributed by atoms with Crippen LogP contribution in [-0.4, -0.2) is 39.7 Å². The number of amides is 1. The van der Waals surface area contributed by atoms with Gasteiger partial charge in [0.05, 0.1) is 11.1 Å². The lowest BCUT2D eigenvalue weighted by molar-refractivity contribution is -0.139. The minimum absolute atomic E-state index is 0.0716. The van der Waals surface area contributed by atoms with Gasteiger partial charge < -0.3 is 15.5 Å². The molecule has 6 nitrogen and oxygen atoms in total. The molecule has 0 saturated carbocycles. The summed E-state index contributed by atoms with van der Waals surface area (Å²) in [5.74, 6) is -1.78. The van der Waals surface area contributed by atoms with Gasteiger partial charge in [-0.25, -0.2) is 9.78 Å². The van der Waals surface area contributed by atoms with Crippen molar-refractivity contribution in [3.8, 4) is 0 Å². The summed E-state index contributed by atoms with van der Waals surface area (Å²) in [7, 11) is 0. The van der Waals surface area contributed by atoms with Gasteiger partial charge >= 0.3 is 5.97 Å². The second-order valence-electron chi connectivity index (χ2n) is 4.39. The Bertz CT molecular complexity index is 690. The number of halogens is 1. The average molecular weight is 309 g/mol. The van der Waals surface area contributed by atoms with Gasteiger partial charge in [0.25, 0.3) is 5.91 Å². The number of hydrogen-bond donors (Lipinski definition) is 3. The fraction of sp³-hybridized carbons (Fsp3) is 0.214. The molecule has 2 rings (SSSR count). The summed E-state index contributed by atoms with van der Waals surface area (Å²) in [5, 5.41) is 20.9. The highest BCUT2D eigenvalue weighted by atomic mass is 35.5. The lowest BCUT2D eigenvalue weighted by atomic mass is 10.1. The highest BCUT2D eigenvalue weighted by Gasteiger charge is 2.21. The molecule has 1 atom stereocenters. The van der Waals surface area contributed by atoms with Crippen LogP contribution in [0.1, 0.15) is 16.8 Å². The Labute approximate surface area is 125 Å². The number of aliphatic hydroxyl groups excluding tert-OH is 1. The zero-order valence-corrected chi connectivity index (χ0v) is 11.7. The first-order chi connectivity index (χ1) is 10.0. The number of carbonyl (C=O) groups excluding carboxylic acids is 1. The van der Waals surface area contributed by atoms with E-state index in [2.05, 4.69) is 10.3 Å². The minimum atomic E-state index is -1.21. The van der Waals surface area contributed by atoms with Crippen molar-refractivity contribution in [3.63, 3.8) is 0 Å². The molecule has 1 amide bonds. The van der Waals surface area contributed by atoms with Crippen molar-refractivity contribution in [3.05, 3.63) is 41.0 Å². The molecule has 3 N–H and O–H groups in total. The van der Waals surface area contributed by atoms with E-state index in [1.54, 1.807) is 24.3 Å². The van der Waals surface area contributed by atoms with Gasteiger partial charge in [0, 0.05) is 18.4 Å². The van der Waals surface area contributed by atoms with Crippen LogP contribution in [0.25, 0.3) is 10.9 Å². The van der Waals surface area contributed by atoms with Crippen LogP contribution in [-0.2, 0) is 4.79 Å². The number of fused-ring (bicyclic) bond motifs is 1. The molecule has 1 heterocycles. The molecule has 0 aliphatic heterocycles. The van der Waals surface area contributed by atoms with Crippen molar-refractivity contribution in [2.45, 2.75) is 12.5 Å². The van der Waals surface area contributed by atoms with E-state index in [9.17, 15) is 9.59 Å². The third-order valence-corrected chi connectivity index (χ3v) is 3.14. The number of carboxylic acids is 1. The van der Waals surface area contributed by atoms with Gasteiger partial charge in [-0.2, -0.15) is 0 Å². The number of rotatable bonds is 5. The number of nitrogens with one attached hydrogen (secondary N) is 1. The van der Waals surface area contributed by atoms with Crippen molar-refractivity contribution < 1.29 is 19.8 Å². The average Bonchev–Trinajstić information content (AvgIpc) is 2.45. The van der Waals surface area contributed by atoms with Crippen molar-refractivity contribution in [2.24, 2.45) is 0 Å². The summed E-state index contributed by atoms with van der Waals surface area (Å²) >= 11 is 5.88. The maximum atomic E-state index is 12.3. The number of aromatic nitrogens is 1. The molecule has 1 unspecified atom stereocenters. The molecule has 110 valence electrons. The number of aliphatic hydroxyl groups is 1. The highest BCUT2D eigenvalue weighted by Crippen LogP contribution is 2.20. The number of hydrogen-bond acceptors (Lipinski definition) is 4. The summed E-state index contributed by atoms with van der Waals surface area (Å²) in [4.78, 5) is 27.4. The number of pyridine rings is 1. The molecular weight excluding hydrogens is 296 g/mol. The van der Waals surface area contributed by atoms with E-state index in [4.69, 9.17) is 21.8 Å². The monoisotopic (exact) mass is 308 g/mol. The largest absolute Gasteiger partial charge is 0.480 e. The second kappa shape index (κ2) is 6.51. The van der Waals surface area contributed by atoms with Crippen LogP contribution >= 0.6 is 11.6 Å². The molecule has 0 aliphatic carbocycles. The van der Waals surface area contributed by atoms with E-state index in [-0.39, 0.29) is 23.7 Å². The van der Waals surface area contributed by atoms with E-state index in [1.807, 2.05) is 0 Å². The molecule has 0 fully saturated rings. The molecule has 2 aromatic rings. The third kappa shape index (κ3) is 3.48. The van der Waals surface area contributed by atoms with Crippen LogP contribution in [0.4, 0.5) is 0 Å². The fourth-order valence-electron chi connectivity index (χ4n) is 1.95. The number of benzene rings is 1. The lowest BCUT2D eigenvalue weighted by Crippen LogP contribution is -2.41. The molecule has 0 spiro atoms. The molecule has 0 radical (unpaired) electrons. The Balaban J connectivity index is 2.37.